The first-order chi connectivity index (χ1) is 17.0. The Balaban J connectivity index is 1.19. The van der Waals surface area contributed by atoms with Gasteiger partial charge in [-0.3, -0.25) is 9.69 Å². The number of benzene rings is 3. The van der Waals surface area contributed by atoms with Crippen LogP contribution in [-0.4, -0.2) is 41.8 Å². The predicted molar refractivity (Wildman–Crippen MR) is 129 cm³/mol. The fraction of sp³-hybridized carbons (Fsp3) is 0.250. The van der Waals surface area contributed by atoms with E-state index in [4.69, 9.17) is 4.74 Å². The topological polar surface area (TPSA) is 95.9 Å². The zero-order valence-corrected chi connectivity index (χ0v) is 18.9. The summed E-state index contributed by atoms with van der Waals surface area (Å²) in [5.74, 6) is -1.54. The van der Waals surface area contributed by atoms with Gasteiger partial charge >= 0.3 is 12.1 Å². The fourth-order valence-corrected chi connectivity index (χ4v) is 5.74. The van der Waals surface area contributed by atoms with E-state index in [2.05, 4.69) is 17.4 Å². The van der Waals surface area contributed by atoms with Gasteiger partial charge in [-0.05, 0) is 46.2 Å². The molecule has 0 fully saturated rings. The number of alkyl carbamates (subject to hydrolysis) is 1. The normalized spacial score (nSPS) is 20.0. The van der Waals surface area contributed by atoms with Gasteiger partial charge in [-0.1, -0.05) is 66.7 Å². The molecule has 35 heavy (non-hydrogen) atoms. The van der Waals surface area contributed by atoms with Crippen molar-refractivity contribution in [2.24, 2.45) is 0 Å². The van der Waals surface area contributed by atoms with E-state index in [-0.39, 0.29) is 18.9 Å². The number of carboxylic acid groups (broad SMARTS) is 1. The zero-order chi connectivity index (χ0) is 24.1. The largest absolute Gasteiger partial charge is 0.480 e. The van der Waals surface area contributed by atoms with Crippen LogP contribution < -0.4 is 10.2 Å². The summed E-state index contributed by atoms with van der Waals surface area (Å²) in [4.78, 5) is 39.5. The summed E-state index contributed by atoms with van der Waals surface area (Å²) in [7, 11) is 0. The van der Waals surface area contributed by atoms with Crippen molar-refractivity contribution in [3.63, 3.8) is 0 Å². The number of hydrogen-bond donors (Lipinski definition) is 2. The number of carbonyl (C=O) groups excluding carboxylic acids is 2. The van der Waals surface area contributed by atoms with Crippen molar-refractivity contribution in [3.8, 4) is 11.1 Å². The lowest BCUT2D eigenvalue weighted by molar-refractivity contribution is -0.140. The Kier molecular flexibility index (Phi) is 5.06. The van der Waals surface area contributed by atoms with Gasteiger partial charge in [0.1, 0.15) is 18.7 Å². The highest BCUT2D eigenvalue weighted by Crippen LogP contribution is 2.44. The van der Waals surface area contributed by atoms with Crippen molar-refractivity contribution in [2.45, 2.75) is 37.3 Å². The molecule has 2 aliphatic heterocycles. The average molecular weight is 469 g/mol. The summed E-state index contributed by atoms with van der Waals surface area (Å²) < 4.78 is 5.63. The van der Waals surface area contributed by atoms with Crippen LogP contribution in [0.15, 0.2) is 66.7 Å². The first kappa shape index (κ1) is 21.4. The first-order valence-electron chi connectivity index (χ1n) is 11.8. The summed E-state index contributed by atoms with van der Waals surface area (Å²) in [6.07, 6.45) is 0.526. The van der Waals surface area contributed by atoms with E-state index >= 15 is 0 Å². The minimum Gasteiger partial charge on any atom is -0.480 e. The number of rotatable bonds is 4. The number of amides is 2. The van der Waals surface area contributed by atoms with E-state index < -0.39 is 30.1 Å². The number of hydrogen-bond acceptors (Lipinski definition) is 4. The van der Waals surface area contributed by atoms with Gasteiger partial charge in [0.15, 0.2) is 0 Å². The molecule has 3 aliphatic rings. The molecule has 0 aromatic heterocycles. The number of ether oxygens (including phenoxy) is 1. The van der Waals surface area contributed by atoms with E-state index in [0.717, 1.165) is 33.4 Å². The fourth-order valence-electron chi connectivity index (χ4n) is 5.74. The molecule has 2 heterocycles. The lowest BCUT2D eigenvalue weighted by atomic mass is 9.98. The van der Waals surface area contributed by atoms with Crippen molar-refractivity contribution < 1.29 is 24.2 Å². The van der Waals surface area contributed by atoms with Crippen LogP contribution in [0.2, 0.25) is 0 Å². The lowest BCUT2D eigenvalue weighted by Crippen LogP contribution is -2.52. The predicted octanol–water partition coefficient (Wildman–Crippen LogP) is 3.88. The molecule has 0 unspecified atom stereocenters. The molecule has 2 amide bonds. The Bertz CT molecular complexity index is 1320. The van der Waals surface area contributed by atoms with Crippen molar-refractivity contribution in [1.29, 1.82) is 0 Å². The molecule has 2 N–H and O–H groups in total. The van der Waals surface area contributed by atoms with Crippen LogP contribution in [0.1, 0.15) is 34.6 Å². The van der Waals surface area contributed by atoms with Crippen LogP contribution in [0.4, 0.5) is 10.5 Å². The molecule has 1 aliphatic carbocycles. The number of fused-ring (bicyclic) bond motifs is 3. The molecule has 0 radical (unpaired) electrons. The number of aryl methyl sites for hydroxylation is 1. The van der Waals surface area contributed by atoms with Crippen LogP contribution in [-0.2, 0) is 27.2 Å². The van der Waals surface area contributed by atoms with Gasteiger partial charge in [-0.2, -0.15) is 0 Å². The van der Waals surface area contributed by atoms with E-state index in [9.17, 15) is 19.5 Å². The number of anilines is 1. The number of aliphatic carboxylic acids is 1. The van der Waals surface area contributed by atoms with E-state index in [1.54, 1.807) is 0 Å². The molecule has 7 nitrogen and oxygen atoms in total. The average Bonchev–Trinajstić information content (AvgIpc) is 3.37. The van der Waals surface area contributed by atoms with E-state index in [1.165, 1.54) is 4.90 Å². The smallest absolute Gasteiger partial charge is 0.407 e. The molecular weight excluding hydrogens is 444 g/mol. The van der Waals surface area contributed by atoms with Crippen LogP contribution in [0.3, 0.4) is 0 Å². The van der Waals surface area contributed by atoms with Gasteiger partial charge < -0.3 is 15.2 Å². The maximum absolute atomic E-state index is 13.4. The second-order valence-electron chi connectivity index (χ2n) is 9.25. The van der Waals surface area contributed by atoms with Gasteiger partial charge in [0.25, 0.3) is 5.91 Å². The van der Waals surface area contributed by atoms with Crippen LogP contribution in [0, 0.1) is 0 Å². The third kappa shape index (κ3) is 3.46. The molecule has 6 rings (SSSR count). The molecule has 0 saturated carbocycles. The minimum absolute atomic E-state index is 0.0835. The summed E-state index contributed by atoms with van der Waals surface area (Å²) in [5, 5.41) is 12.5. The third-order valence-corrected chi connectivity index (χ3v) is 7.33. The number of carbonyl (C=O) groups is 3. The molecule has 176 valence electrons. The number of nitrogens with one attached hydrogen (secondary N) is 1. The summed E-state index contributed by atoms with van der Waals surface area (Å²) in [6, 6.07) is 20.0. The van der Waals surface area contributed by atoms with E-state index in [0.29, 0.717) is 18.5 Å². The Morgan fingerprint density at radius 1 is 0.943 bits per heavy atom. The Hall–Kier alpha value is -4.13. The van der Waals surface area contributed by atoms with Crippen molar-refractivity contribution in [3.05, 3.63) is 89.0 Å². The van der Waals surface area contributed by atoms with Crippen molar-refractivity contribution in [2.75, 3.05) is 11.5 Å². The maximum Gasteiger partial charge on any atom is 0.407 e. The zero-order valence-electron chi connectivity index (χ0n) is 18.9. The van der Waals surface area contributed by atoms with Crippen LogP contribution >= 0.6 is 0 Å². The highest BCUT2D eigenvalue weighted by molar-refractivity contribution is 6.06. The highest BCUT2D eigenvalue weighted by Gasteiger charge is 2.44. The Labute approximate surface area is 202 Å². The third-order valence-electron chi connectivity index (χ3n) is 7.33. The van der Waals surface area contributed by atoms with Gasteiger partial charge in [-0.25, -0.2) is 9.59 Å². The Morgan fingerprint density at radius 3 is 2.29 bits per heavy atom. The number of para-hydroxylation sites is 1. The van der Waals surface area contributed by atoms with Crippen LogP contribution in [0.5, 0.6) is 0 Å². The number of carboxylic acids is 1. The molecule has 2 atom stereocenters. The van der Waals surface area contributed by atoms with Crippen molar-refractivity contribution >= 4 is 23.7 Å². The van der Waals surface area contributed by atoms with Gasteiger partial charge in [-0.15, -0.1) is 0 Å². The highest BCUT2D eigenvalue weighted by atomic mass is 16.5. The Morgan fingerprint density at radius 2 is 1.60 bits per heavy atom. The number of nitrogens with zero attached hydrogens (tertiary/aromatic N) is 1. The van der Waals surface area contributed by atoms with Crippen LogP contribution in [0.25, 0.3) is 11.1 Å². The minimum atomic E-state index is -1.05. The molecule has 3 aromatic rings. The first-order valence-corrected chi connectivity index (χ1v) is 11.8. The van der Waals surface area contributed by atoms with Gasteiger partial charge in [0.2, 0.25) is 0 Å². The summed E-state index contributed by atoms with van der Waals surface area (Å²) >= 11 is 0. The quantitative estimate of drug-likeness (QED) is 0.606. The van der Waals surface area contributed by atoms with E-state index in [1.807, 2.05) is 54.6 Å². The molecule has 3 aromatic carbocycles. The summed E-state index contributed by atoms with van der Waals surface area (Å²) in [5.41, 5.74) is 6.95. The second-order valence-corrected chi connectivity index (χ2v) is 9.25. The molecule has 0 bridgehead atoms. The van der Waals surface area contributed by atoms with Gasteiger partial charge in [0.05, 0.1) is 5.69 Å². The van der Waals surface area contributed by atoms with Gasteiger partial charge in [0, 0.05) is 12.3 Å². The standard InChI is InChI=1S/C28H24N2O5/c31-26-23(13-12-16-6-5-7-17-14-24(27(32)33)30(26)25(16)17)29-28(34)35-15-22-20-10-3-1-8-18(20)19-9-2-4-11-21(19)22/h1-11,22-24H,12-15H2,(H,29,34)(H,32,33)/t23-,24+/m0/s1. The molecule has 7 heteroatoms. The SMILES string of the molecule is O=C(N[C@H]1CCc2cccc3c2N(C1=O)[C@@H](C(=O)O)C3)OCC1c2ccccc2-c2ccccc21. The lowest BCUT2D eigenvalue weighted by Gasteiger charge is -2.26. The molecular formula is C28H24N2O5. The second kappa shape index (κ2) is 8.27. The maximum atomic E-state index is 13.4. The summed E-state index contributed by atoms with van der Waals surface area (Å²) in [6.45, 7) is 0.145. The van der Waals surface area contributed by atoms with Crippen molar-refractivity contribution in [1.82, 2.24) is 5.32 Å². The molecule has 0 spiro atoms. The molecule has 0 saturated heterocycles. The monoisotopic (exact) mass is 468 g/mol.